The Balaban J connectivity index is 1.56. The van der Waals surface area contributed by atoms with Gasteiger partial charge in [0.1, 0.15) is 16.8 Å². The van der Waals surface area contributed by atoms with Crippen LogP contribution in [0, 0.1) is 11.3 Å². The van der Waals surface area contributed by atoms with Crippen molar-refractivity contribution in [2.75, 3.05) is 16.8 Å². The first-order chi connectivity index (χ1) is 12.2. The number of para-hydroxylation sites is 1. The van der Waals surface area contributed by atoms with Gasteiger partial charge < -0.3 is 15.3 Å². The molecule has 2 aromatic heterocycles. The van der Waals surface area contributed by atoms with Gasteiger partial charge in [-0.2, -0.15) is 9.64 Å². The van der Waals surface area contributed by atoms with Gasteiger partial charge in [0.15, 0.2) is 10.7 Å². The van der Waals surface area contributed by atoms with Crippen LogP contribution in [0.15, 0.2) is 29.6 Å². The second-order valence-electron chi connectivity index (χ2n) is 5.32. The average molecular weight is 369 g/mol. The molecule has 0 atom stereocenters. The monoisotopic (exact) mass is 369 g/mol. The lowest BCUT2D eigenvalue weighted by atomic mass is 10.2. The molecule has 0 saturated heterocycles. The molecule has 1 aliphatic heterocycles. The quantitative estimate of drug-likeness (QED) is 0.735. The third kappa shape index (κ3) is 2.71. The Labute approximate surface area is 151 Å². The molecule has 2 N–H and O–H groups in total. The second kappa shape index (κ2) is 6.16. The number of carbonyl (C=O) groups is 1. The number of benzene rings is 1. The third-order valence-corrected chi connectivity index (χ3v) is 5.37. The lowest BCUT2D eigenvalue weighted by Gasteiger charge is -2.15. The molecule has 0 aliphatic carbocycles. The lowest BCUT2D eigenvalue weighted by molar-refractivity contribution is 0.0985. The Hall–Kier alpha value is -2.96. The van der Waals surface area contributed by atoms with E-state index in [2.05, 4.69) is 14.7 Å². The number of fused-ring (bicyclic) bond motifs is 1. The fourth-order valence-electron chi connectivity index (χ4n) is 2.68. The number of thiazole rings is 1. The molecule has 3 heterocycles. The molecule has 1 aliphatic rings. The number of hydrogen-bond donors (Lipinski definition) is 2. The zero-order valence-electron chi connectivity index (χ0n) is 12.8. The molecule has 0 fully saturated rings. The number of aromatic nitrogens is 2. The summed E-state index contributed by atoms with van der Waals surface area (Å²) in [5.74, 6) is -0.460. The Morgan fingerprint density at radius 2 is 2.24 bits per heavy atom. The summed E-state index contributed by atoms with van der Waals surface area (Å²) in [4.78, 5) is 18.8. The van der Waals surface area contributed by atoms with Crippen LogP contribution < -0.4 is 10.2 Å². The zero-order chi connectivity index (χ0) is 17.4. The normalized spacial score (nSPS) is 12.7. The Morgan fingerprint density at radius 1 is 1.40 bits per heavy atom. The molecule has 4 rings (SSSR count). The molecule has 0 saturated carbocycles. The Bertz CT molecular complexity index is 1000. The topological polar surface area (TPSA) is 102 Å². The zero-order valence-corrected chi connectivity index (χ0v) is 14.4. The molecule has 7 nitrogen and oxygen atoms in total. The maximum Gasteiger partial charge on any atom is 0.277 e. The largest absolute Gasteiger partial charge is 0.492 e. The predicted octanol–water partition coefficient (Wildman–Crippen LogP) is 3.12. The first kappa shape index (κ1) is 15.6. The summed E-state index contributed by atoms with van der Waals surface area (Å²) >= 11 is 2.23. The number of nitrogens with one attached hydrogen (secondary N) is 1. The van der Waals surface area contributed by atoms with Gasteiger partial charge in [0.25, 0.3) is 5.91 Å². The minimum absolute atomic E-state index is 0.0709. The summed E-state index contributed by atoms with van der Waals surface area (Å²) in [6.07, 6.45) is 0.836. The van der Waals surface area contributed by atoms with E-state index in [-0.39, 0.29) is 17.4 Å². The summed E-state index contributed by atoms with van der Waals surface area (Å²) in [6.45, 7) is 0.639. The van der Waals surface area contributed by atoms with Crippen molar-refractivity contribution in [3.63, 3.8) is 0 Å². The van der Waals surface area contributed by atoms with Crippen molar-refractivity contribution in [3.05, 3.63) is 46.5 Å². The molecule has 0 spiro atoms. The molecule has 3 aromatic rings. The summed E-state index contributed by atoms with van der Waals surface area (Å²) in [5, 5.41) is 24.0. The van der Waals surface area contributed by atoms with E-state index in [4.69, 9.17) is 5.26 Å². The number of anilines is 3. The molecule has 0 bridgehead atoms. The fraction of sp³-hybridized carbons (Fsp3) is 0.125. The minimum Gasteiger partial charge on any atom is -0.492 e. The van der Waals surface area contributed by atoms with Gasteiger partial charge in [-0.1, -0.05) is 18.2 Å². The van der Waals surface area contributed by atoms with Gasteiger partial charge in [0.2, 0.25) is 5.88 Å². The fourth-order valence-corrected chi connectivity index (χ4v) is 4.07. The van der Waals surface area contributed by atoms with E-state index in [0.717, 1.165) is 29.2 Å². The number of aromatic hydroxyl groups is 1. The van der Waals surface area contributed by atoms with Crippen molar-refractivity contribution in [2.45, 2.75) is 6.42 Å². The van der Waals surface area contributed by atoms with Crippen molar-refractivity contribution >= 4 is 44.6 Å². The van der Waals surface area contributed by atoms with Crippen LogP contribution in [-0.2, 0) is 6.42 Å². The highest BCUT2D eigenvalue weighted by molar-refractivity contribution is 7.15. The maximum absolute atomic E-state index is 12.7. The molecule has 9 heteroatoms. The molecule has 0 unspecified atom stereocenters. The van der Waals surface area contributed by atoms with Gasteiger partial charge in [-0.05, 0) is 29.6 Å². The van der Waals surface area contributed by atoms with E-state index in [1.807, 2.05) is 30.3 Å². The number of hydrogen-bond acceptors (Lipinski definition) is 8. The van der Waals surface area contributed by atoms with E-state index < -0.39 is 0 Å². The van der Waals surface area contributed by atoms with E-state index in [9.17, 15) is 9.90 Å². The SMILES string of the molecule is N#Cc1c(O)nsc1Nc1nc(C(=O)N2CCc3ccccc32)cs1. The number of nitrogens with zero attached hydrogens (tertiary/aromatic N) is 4. The van der Waals surface area contributed by atoms with E-state index in [1.165, 1.54) is 11.3 Å². The molecular weight excluding hydrogens is 358 g/mol. The van der Waals surface area contributed by atoms with Gasteiger partial charge in [-0.15, -0.1) is 11.3 Å². The van der Waals surface area contributed by atoms with Crippen LogP contribution in [-0.4, -0.2) is 26.9 Å². The first-order valence-electron chi connectivity index (χ1n) is 7.38. The third-order valence-electron chi connectivity index (χ3n) is 3.86. The highest BCUT2D eigenvalue weighted by Crippen LogP contribution is 2.33. The van der Waals surface area contributed by atoms with Gasteiger partial charge in [0, 0.05) is 17.6 Å². The van der Waals surface area contributed by atoms with Gasteiger partial charge >= 0.3 is 0 Å². The maximum atomic E-state index is 12.7. The number of nitriles is 1. The molecule has 1 aromatic carbocycles. The Kier molecular flexibility index (Phi) is 3.83. The predicted molar refractivity (Wildman–Crippen MR) is 95.7 cm³/mol. The first-order valence-corrected chi connectivity index (χ1v) is 9.03. The second-order valence-corrected chi connectivity index (χ2v) is 6.95. The Morgan fingerprint density at radius 3 is 3.08 bits per heavy atom. The smallest absolute Gasteiger partial charge is 0.277 e. The number of carbonyl (C=O) groups excluding carboxylic acids is 1. The van der Waals surface area contributed by atoms with E-state index in [0.29, 0.717) is 22.4 Å². The van der Waals surface area contributed by atoms with Crippen molar-refractivity contribution < 1.29 is 9.90 Å². The average Bonchev–Trinajstić information content (AvgIpc) is 3.33. The van der Waals surface area contributed by atoms with Crippen LogP contribution in [0.5, 0.6) is 5.88 Å². The molecular formula is C16H11N5O2S2. The summed E-state index contributed by atoms with van der Waals surface area (Å²) < 4.78 is 3.73. The highest BCUT2D eigenvalue weighted by atomic mass is 32.1. The summed E-state index contributed by atoms with van der Waals surface area (Å²) in [5.41, 5.74) is 2.50. The van der Waals surface area contributed by atoms with Crippen molar-refractivity contribution in [3.8, 4) is 11.9 Å². The van der Waals surface area contributed by atoms with Crippen LogP contribution >= 0.6 is 22.9 Å². The highest BCUT2D eigenvalue weighted by Gasteiger charge is 2.27. The van der Waals surface area contributed by atoms with Crippen LogP contribution in [0.25, 0.3) is 0 Å². The summed E-state index contributed by atoms with van der Waals surface area (Å²) in [7, 11) is 0. The van der Waals surface area contributed by atoms with Gasteiger partial charge in [0.05, 0.1) is 0 Å². The van der Waals surface area contributed by atoms with E-state index >= 15 is 0 Å². The molecule has 1 amide bonds. The molecule has 0 radical (unpaired) electrons. The van der Waals surface area contributed by atoms with Crippen LogP contribution in [0.3, 0.4) is 0 Å². The van der Waals surface area contributed by atoms with Crippen molar-refractivity contribution in [1.82, 2.24) is 9.36 Å². The minimum atomic E-state index is -0.309. The number of rotatable bonds is 3. The molecule has 124 valence electrons. The van der Waals surface area contributed by atoms with Gasteiger partial charge in [-0.25, -0.2) is 4.98 Å². The van der Waals surface area contributed by atoms with Gasteiger partial charge in [-0.3, -0.25) is 4.79 Å². The van der Waals surface area contributed by atoms with E-state index in [1.54, 1.807) is 10.3 Å². The lowest BCUT2D eigenvalue weighted by Crippen LogP contribution is -2.29. The molecule has 25 heavy (non-hydrogen) atoms. The summed E-state index contributed by atoms with van der Waals surface area (Å²) in [6, 6.07) is 9.73. The van der Waals surface area contributed by atoms with Crippen LogP contribution in [0.1, 0.15) is 21.6 Å². The standard InChI is InChI=1S/C16H11N5O2S2/c17-7-10-13(22)20-25-14(10)19-16-18-11(8-24-16)15(23)21-6-5-9-3-1-2-4-12(9)21/h1-4,8H,5-6H2,(H,18,19)(H,20,22). The van der Waals surface area contributed by atoms with Crippen molar-refractivity contribution in [2.24, 2.45) is 0 Å². The van der Waals surface area contributed by atoms with Crippen molar-refractivity contribution in [1.29, 1.82) is 5.26 Å². The van der Waals surface area contributed by atoms with Crippen LogP contribution in [0.4, 0.5) is 15.8 Å². The van der Waals surface area contributed by atoms with Crippen LogP contribution in [0.2, 0.25) is 0 Å². The number of amides is 1.